The van der Waals surface area contributed by atoms with E-state index in [0.717, 1.165) is 22.2 Å². The van der Waals surface area contributed by atoms with E-state index in [1.165, 1.54) is 22.5 Å². The number of hydrogen-bond donors (Lipinski definition) is 0. The number of aryl methyl sites for hydroxylation is 2. The molecule has 0 fully saturated rings. The van der Waals surface area contributed by atoms with Crippen molar-refractivity contribution in [3.63, 3.8) is 0 Å². The third kappa shape index (κ3) is 2.89. The molecule has 0 N–H and O–H groups in total. The van der Waals surface area contributed by atoms with Gasteiger partial charge in [-0.25, -0.2) is 4.98 Å². The van der Waals surface area contributed by atoms with Crippen LogP contribution in [-0.2, 0) is 6.54 Å². The van der Waals surface area contributed by atoms with Crippen LogP contribution in [0.3, 0.4) is 0 Å². The summed E-state index contributed by atoms with van der Waals surface area (Å²) in [6.45, 7) is 4.68. The van der Waals surface area contributed by atoms with Crippen molar-refractivity contribution in [2.45, 2.75) is 20.4 Å². The van der Waals surface area contributed by atoms with Crippen LogP contribution in [0.15, 0.2) is 65.0 Å². The Morgan fingerprint density at radius 2 is 1.92 bits per heavy atom. The van der Waals surface area contributed by atoms with Crippen molar-refractivity contribution < 1.29 is 0 Å². The number of thiophene rings is 1. The molecule has 124 valence electrons. The first-order valence-corrected chi connectivity index (χ1v) is 9.09. The summed E-state index contributed by atoms with van der Waals surface area (Å²) >= 11 is 1.47. The van der Waals surface area contributed by atoms with E-state index in [1.807, 2.05) is 23.6 Å². The van der Waals surface area contributed by atoms with Crippen LogP contribution in [0.25, 0.3) is 21.3 Å². The zero-order valence-corrected chi connectivity index (χ0v) is 15.0. The van der Waals surface area contributed by atoms with E-state index >= 15 is 0 Å². The zero-order valence-electron chi connectivity index (χ0n) is 14.2. The molecule has 0 amide bonds. The Kier molecular flexibility index (Phi) is 3.98. The second-order valence-electron chi connectivity index (χ2n) is 6.30. The second-order valence-corrected chi connectivity index (χ2v) is 7.18. The third-order valence-corrected chi connectivity index (χ3v) is 5.43. The molecule has 0 unspecified atom stereocenters. The Hall–Kier alpha value is -2.72. The lowest BCUT2D eigenvalue weighted by Gasteiger charge is -2.08. The van der Waals surface area contributed by atoms with Crippen LogP contribution in [-0.4, -0.2) is 9.55 Å². The van der Waals surface area contributed by atoms with E-state index in [4.69, 9.17) is 0 Å². The van der Waals surface area contributed by atoms with Crippen LogP contribution in [0.4, 0.5) is 0 Å². The molecule has 4 heteroatoms. The molecule has 25 heavy (non-hydrogen) atoms. The third-order valence-electron chi connectivity index (χ3n) is 4.48. The maximum atomic E-state index is 12.9. The van der Waals surface area contributed by atoms with Crippen molar-refractivity contribution in [3.8, 4) is 11.1 Å². The second kappa shape index (κ2) is 6.30. The van der Waals surface area contributed by atoms with E-state index in [2.05, 4.69) is 49.2 Å². The highest BCUT2D eigenvalue weighted by Crippen LogP contribution is 2.31. The van der Waals surface area contributed by atoms with Gasteiger partial charge in [-0.05, 0) is 30.5 Å². The van der Waals surface area contributed by atoms with Crippen molar-refractivity contribution in [1.82, 2.24) is 9.55 Å². The van der Waals surface area contributed by atoms with E-state index in [-0.39, 0.29) is 5.56 Å². The van der Waals surface area contributed by atoms with E-state index in [0.29, 0.717) is 11.2 Å². The maximum absolute atomic E-state index is 12.9. The van der Waals surface area contributed by atoms with Gasteiger partial charge in [0.2, 0.25) is 0 Å². The number of rotatable bonds is 3. The first-order valence-electron chi connectivity index (χ1n) is 8.21. The monoisotopic (exact) mass is 346 g/mol. The highest BCUT2D eigenvalue weighted by molar-refractivity contribution is 7.17. The van der Waals surface area contributed by atoms with Crippen molar-refractivity contribution in [1.29, 1.82) is 0 Å². The highest BCUT2D eigenvalue weighted by Gasteiger charge is 2.13. The number of nitrogens with zero attached hydrogens (tertiary/aromatic N) is 2. The predicted octanol–water partition coefficient (Wildman–Crippen LogP) is 4.79. The van der Waals surface area contributed by atoms with Gasteiger partial charge in [0.05, 0.1) is 18.4 Å². The Morgan fingerprint density at radius 1 is 1.08 bits per heavy atom. The maximum Gasteiger partial charge on any atom is 0.271 e. The molecule has 4 rings (SSSR count). The number of fused-ring (bicyclic) bond motifs is 1. The SMILES string of the molecule is Cc1cccc(-c2csc3c(=O)n(Cc4ccccc4C)cnc23)c1. The first-order chi connectivity index (χ1) is 12.1. The first kappa shape index (κ1) is 15.8. The van der Waals surface area contributed by atoms with E-state index in [1.54, 1.807) is 10.9 Å². The molecule has 0 bridgehead atoms. The molecule has 0 atom stereocenters. The van der Waals surface area contributed by atoms with Crippen LogP contribution < -0.4 is 5.56 Å². The summed E-state index contributed by atoms with van der Waals surface area (Å²) in [7, 11) is 0. The smallest absolute Gasteiger partial charge is 0.271 e. The lowest BCUT2D eigenvalue weighted by atomic mass is 10.1. The minimum atomic E-state index is 0.0251. The summed E-state index contributed by atoms with van der Waals surface area (Å²) in [6.07, 6.45) is 1.67. The molecule has 0 aliphatic heterocycles. The molecule has 3 nitrogen and oxygen atoms in total. The van der Waals surface area contributed by atoms with Crippen molar-refractivity contribution in [2.75, 3.05) is 0 Å². The Balaban J connectivity index is 1.80. The molecule has 0 radical (unpaired) electrons. The largest absolute Gasteiger partial charge is 0.294 e. The predicted molar refractivity (Wildman–Crippen MR) is 104 cm³/mol. The fourth-order valence-electron chi connectivity index (χ4n) is 3.04. The lowest BCUT2D eigenvalue weighted by Crippen LogP contribution is -2.20. The fraction of sp³-hybridized carbons (Fsp3) is 0.143. The molecular weight excluding hydrogens is 328 g/mol. The molecule has 4 aromatic rings. The van der Waals surface area contributed by atoms with Gasteiger partial charge in [-0.1, -0.05) is 54.1 Å². The van der Waals surface area contributed by atoms with Crippen LogP contribution in [0.5, 0.6) is 0 Å². The number of benzene rings is 2. The van der Waals surface area contributed by atoms with Gasteiger partial charge in [0, 0.05) is 10.9 Å². The Bertz CT molecular complexity index is 1120. The minimum Gasteiger partial charge on any atom is -0.294 e. The summed E-state index contributed by atoms with van der Waals surface area (Å²) in [4.78, 5) is 17.5. The molecule has 0 saturated heterocycles. The molecule has 2 aromatic carbocycles. The number of aromatic nitrogens is 2. The standard InChI is InChI=1S/C21H18N2OS/c1-14-6-5-9-16(10-14)18-12-25-20-19(18)22-13-23(21(20)24)11-17-8-4-3-7-15(17)2/h3-10,12-13H,11H2,1-2H3. The average Bonchev–Trinajstić information content (AvgIpc) is 3.04. The van der Waals surface area contributed by atoms with Crippen molar-refractivity contribution >= 4 is 21.6 Å². The fourth-order valence-corrected chi connectivity index (χ4v) is 4.02. The Labute approximate surface area is 150 Å². The zero-order chi connectivity index (χ0) is 17.4. The summed E-state index contributed by atoms with van der Waals surface area (Å²) in [5.74, 6) is 0. The molecule has 0 saturated carbocycles. The highest BCUT2D eigenvalue weighted by atomic mass is 32.1. The summed E-state index contributed by atoms with van der Waals surface area (Å²) in [5, 5.41) is 2.03. The summed E-state index contributed by atoms with van der Waals surface area (Å²) in [6, 6.07) is 16.4. The molecule has 0 aliphatic rings. The lowest BCUT2D eigenvalue weighted by molar-refractivity contribution is 0.746. The normalized spacial score (nSPS) is 11.1. The molecule has 0 spiro atoms. The van der Waals surface area contributed by atoms with Gasteiger partial charge < -0.3 is 0 Å². The quantitative estimate of drug-likeness (QED) is 0.534. The number of hydrogen-bond acceptors (Lipinski definition) is 3. The van der Waals surface area contributed by atoms with Gasteiger partial charge in [-0.3, -0.25) is 9.36 Å². The van der Waals surface area contributed by atoms with Crippen molar-refractivity contribution in [2.24, 2.45) is 0 Å². The van der Waals surface area contributed by atoms with Gasteiger partial charge in [0.25, 0.3) is 5.56 Å². The van der Waals surface area contributed by atoms with Gasteiger partial charge >= 0.3 is 0 Å². The van der Waals surface area contributed by atoms with Gasteiger partial charge in [-0.15, -0.1) is 11.3 Å². The van der Waals surface area contributed by atoms with E-state index in [9.17, 15) is 4.79 Å². The Morgan fingerprint density at radius 3 is 2.72 bits per heavy atom. The summed E-state index contributed by atoms with van der Waals surface area (Å²) < 4.78 is 2.41. The van der Waals surface area contributed by atoms with Crippen LogP contribution >= 0.6 is 11.3 Å². The topological polar surface area (TPSA) is 34.9 Å². The van der Waals surface area contributed by atoms with Gasteiger partial charge in [-0.2, -0.15) is 0 Å². The van der Waals surface area contributed by atoms with Gasteiger partial charge in [0.15, 0.2) is 0 Å². The van der Waals surface area contributed by atoms with Crippen LogP contribution in [0, 0.1) is 13.8 Å². The van der Waals surface area contributed by atoms with Gasteiger partial charge in [0.1, 0.15) is 4.70 Å². The van der Waals surface area contributed by atoms with Crippen molar-refractivity contribution in [3.05, 3.63) is 87.3 Å². The molecule has 2 heterocycles. The summed E-state index contributed by atoms with van der Waals surface area (Å²) in [5.41, 5.74) is 6.48. The molecule has 2 aromatic heterocycles. The van der Waals surface area contributed by atoms with Crippen LogP contribution in [0.1, 0.15) is 16.7 Å². The molecular formula is C21H18N2OS. The minimum absolute atomic E-state index is 0.0251. The van der Waals surface area contributed by atoms with Crippen LogP contribution in [0.2, 0.25) is 0 Å². The molecule has 0 aliphatic carbocycles. The average molecular weight is 346 g/mol. The van der Waals surface area contributed by atoms with E-state index < -0.39 is 0 Å².